The number of hydrogen-bond acceptors (Lipinski definition) is 2. The topological polar surface area (TPSA) is 33.6 Å². The Kier molecular flexibility index (Phi) is 1.89. The molecule has 4 heteroatoms. The van der Waals surface area contributed by atoms with Crippen LogP contribution < -0.4 is 0 Å². The highest BCUT2D eigenvalue weighted by Gasteiger charge is 2.02. The Labute approximate surface area is 65.1 Å². The summed E-state index contributed by atoms with van der Waals surface area (Å²) in [4.78, 5) is 4.13. The van der Waals surface area contributed by atoms with E-state index >= 15 is 0 Å². The van der Waals surface area contributed by atoms with Gasteiger partial charge in [-0.1, -0.05) is 13.8 Å². The lowest BCUT2D eigenvalue weighted by atomic mass is 10.2. The van der Waals surface area contributed by atoms with E-state index in [1.165, 1.54) is 0 Å². The molecule has 0 aromatic carbocycles. The number of aromatic nitrogens is 3. The highest BCUT2D eigenvalue weighted by atomic mass is 32.1. The summed E-state index contributed by atoms with van der Waals surface area (Å²) in [5.41, 5.74) is 0. The van der Waals surface area contributed by atoms with Crippen LogP contribution in [0.25, 0.3) is 0 Å². The zero-order valence-corrected chi connectivity index (χ0v) is 7.20. The van der Waals surface area contributed by atoms with Crippen LogP contribution in [-0.2, 0) is 7.05 Å². The van der Waals surface area contributed by atoms with Gasteiger partial charge in [-0.3, -0.25) is 9.78 Å². The van der Waals surface area contributed by atoms with Gasteiger partial charge in [0.05, 0.1) is 0 Å². The average Bonchev–Trinajstić information content (AvgIpc) is 2.13. The third-order valence-electron chi connectivity index (χ3n) is 1.33. The summed E-state index contributed by atoms with van der Waals surface area (Å²) in [7, 11) is 1.86. The molecule has 0 fully saturated rings. The van der Waals surface area contributed by atoms with Crippen LogP contribution in [0.4, 0.5) is 0 Å². The Hall–Kier alpha value is -0.640. The molecule has 1 N–H and O–H groups in total. The first-order valence-corrected chi connectivity index (χ1v) is 3.65. The third-order valence-corrected chi connectivity index (χ3v) is 1.70. The number of H-pyrrole nitrogens is 1. The van der Waals surface area contributed by atoms with Gasteiger partial charge in [0, 0.05) is 13.0 Å². The van der Waals surface area contributed by atoms with Crippen LogP contribution in [0.2, 0.25) is 0 Å². The fourth-order valence-electron chi connectivity index (χ4n) is 0.681. The summed E-state index contributed by atoms with van der Waals surface area (Å²) >= 11 is 4.91. The maximum Gasteiger partial charge on any atom is 0.215 e. The molecule has 0 radical (unpaired) electrons. The van der Waals surface area contributed by atoms with Crippen molar-refractivity contribution in [1.82, 2.24) is 14.8 Å². The molecule has 1 aromatic heterocycles. The smallest absolute Gasteiger partial charge is 0.215 e. The quantitative estimate of drug-likeness (QED) is 0.628. The van der Waals surface area contributed by atoms with E-state index < -0.39 is 0 Å². The molecule has 0 spiro atoms. The lowest BCUT2D eigenvalue weighted by molar-refractivity contribution is 0.705. The molecule has 10 heavy (non-hydrogen) atoms. The van der Waals surface area contributed by atoms with E-state index in [4.69, 9.17) is 12.2 Å². The highest BCUT2D eigenvalue weighted by Crippen LogP contribution is 2.06. The maximum atomic E-state index is 4.91. The Bertz CT molecular complexity index is 271. The zero-order valence-electron chi connectivity index (χ0n) is 6.38. The maximum absolute atomic E-state index is 4.91. The summed E-state index contributed by atoms with van der Waals surface area (Å²) in [6, 6.07) is 0. The molecule has 0 aliphatic heterocycles. The van der Waals surface area contributed by atoms with Crippen LogP contribution in [0.3, 0.4) is 0 Å². The van der Waals surface area contributed by atoms with Crippen molar-refractivity contribution in [3.05, 3.63) is 10.6 Å². The van der Waals surface area contributed by atoms with Crippen LogP contribution >= 0.6 is 12.2 Å². The molecule has 0 aliphatic rings. The molecule has 0 saturated carbocycles. The number of rotatable bonds is 1. The summed E-state index contributed by atoms with van der Waals surface area (Å²) in [5.74, 6) is 1.37. The first-order chi connectivity index (χ1) is 4.61. The molecule has 1 rings (SSSR count). The van der Waals surface area contributed by atoms with E-state index in [1.54, 1.807) is 4.68 Å². The standard InChI is InChI=1S/C6H11N3S/c1-4(2)5-7-6(10)9(3)8-5/h4H,1-3H3,(H,7,8,10). The van der Waals surface area contributed by atoms with Gasteiger partial charge >= 0.3 is 0 Å². The van der Waals surface area contributed by atoms with Crippen molar-refractivity contribution in [2.45, 2.75) is 19.8 Å². The van der Waals surface area contributed by atoms with E-state index in [0.717, 1.165) is 5.82 Å². The molecule has 1 aromatic rings. The fraction of sp³-hybridized carbons (Fsp3) is 0.667. The lowest BCUT2D eigenvalue weighted by Gasteiger charge is -1.95. The van der Waals surface area contributed by atoms with Gasteiger partial charge in [-0.25, -0.2) is 4.98 Å². The van der Waals surface area contributed by atoms with Gasteiger partial charge in [0.2, 0.25) is 4.77 Å². The summed E-state index contributed by atoms with van der Waals surface area (Å²) in [6.07, 6.45) is 0. The van der Waals surface area contributed by atoms with Crippen molar-refractivity contribution in [3.8, 4) is 0 Å². The molecule has 0 amide bonds. The number of aryl methyl sites for hydroxylation is 1. The molecule has 0 aliphatic carbocycles. The largest absolute Gasteiger partial charge is 0.283 e. The fourth-order valence-corrected chi connectivity index (χ4v) is 0.825. The van der Waals surface area contributed by atoms with Gasteiger partial charge in [-0.2, -0.15) is 0 Å². The van der Waals surface area contributed by atoms with Crippen LogP contribution in [0.15, 0.2) is 0 Å². The predicted octanol–water partition coefficient (Wildman–Crippen LogP) is 1.60. The van der Waals surface area contributed by atoms with Crippen LogP contribution in [-0.4, -0.2) is 14.8 Å². The predicted molar refractivity (Wildman–Crippen MR) is 42.5 cm³/mol. The Morgan fingerprint density at radius 3 is 2.40 bits per heavy atom. The minimum Gasteiger partial charge on any atom is -0.283 e. The molecule has 0 atom stereocenters. The number of nitrogens with zero attached hydrogens (tertiary/aromatic N) is 2. The van der Waals surface area contributed by atoms with E-state index in [2.05, 4.69) is 23.9 Å². The monoisotopic (exact) mass is 157 g/mol. The Morgan fingerprint density at radius 2 is 2.20 bits per heavy atom. The molecule has 0 unspecified atom stereocenters. The number of aromatic amines is 1. The number of hydrogen-bond donors (Lipinski definition) is 1. The average molecular weight is 157 g/mol. The van der Waals surface area contributed by atoms with Crippen molar-refractivity contribution in [2.75, 3.05) is 0 Å². The van der Waals surface area contributed by atoms with Gasteiger partial charge in [-0.15, -0.1) is 0 Å². The minimum atomic E-state index is 0.419. The third kappa shape index (κ3) is 1.26. The lowest BCUT2D eigenvalue weighted by Crippen LogP contribution is -1.93. The van der Waals surface area contributed by atoms with Crippen molar-refractivity contribution in [1.29, 1.82) is 0 Å². The van der Waals surface area contributed by atoms with Gasteiger partial charge < -0.3 is 0 Å². The summed E-state index contributed by atoms with van der Waals surface area (Å²) in [6.45, 7) is 4.15. The highest BCUT2D eigenvalue weighted by molar-refractivity contribution is 7.71. The minimum absolute atomic E-state index is 0.419. The SMILES string of the molecule is CC(C)c1nc(=S)n(C)[nH]1. The van der Waals surface area contributed by atoms with Crippen LogP contribution in [0, 0.1) is 4.77 Å². The normalized spacial score (nSPS) is 10.8. The second-order valence-corrected chi connectivity index (χ2v) is 2.97. The van der Waals surface area contributed by atoms with Gasteiger partial charge in [0.25, 0.3) is 0 Å². The van der Waals surface area contributed by atoms with Crippen molar-refractivity contribution in [3.63, 3.8) is 0 Å². The van der Waals surface area contributed by atoms with Crippen molar-refractivity contribution >= 4 is 12.2 Å². The van der Waals surface area contributed by atoms with Crippen LogP contribution in [0.1, 0.15) is 25.6 Å². The molecule has 3 nitrogen and oxygen atoms in total. The molecule has 1 heterocycles. The second-order valence-electron chi connectivity index (χ2n) is 2.61. The summed E-state index contributed by atoms with van der Waals surface area (Å²) < 4.78 is 2.36. The Morgan fingerprint density at radius 1 is 1.60 bits per heavy atom. The molecule has 0 saturated heterocycles. The Balaban J connectivity index is 3.10. The summed E-state index contributed by atoms with van der Waals surface area (Å²) in [5, 5.41) is 3.05. The van der Waals surface area contributed by atoms with E-state index in [1.807, 2.05) is 7.05 Å². The molecular weight excluding hydrogens is 146 g/mol. The van der Waals surface area contributed by atoms with E-state index in [9.17, 15) is 0 Å². The first-order valence-electron chi connectivity index (χ1n) is 3.24. The molecular formula is C6H11N3S. The van der Waals surface area contributed by atoms with Crippen molar-refractivity contribution < 1.29 is 0 Å². The zero-order chi connectivity index (χ0) is 7.72. The first kappa shape index (κ1) is 7.47. The molecule has 0 bridgehead atoms. The van der Waals surface area contributed by atoms with Gasteiger partial charge in [0.1, 0.15) is 5.82 Å². The number of nitrogens with one attached hydrogen (secondary N) is 1. The van der Waals surface area contributed by atoms with E-state index in [0.29, 0.717) is 10.7 Å². The van der Waals surface area contributed by atoms with E-state index in [-0.39, 0.29) is 0 Å². The molecule has 56 valence electrons. The van der Waals surface area contributed by atoms with Crippen LogP contribution in [0.5, 0.6) is 0 Å². The van der Waals surface area contributed by atoms with Gasteiger partial charge in [-0.05, 0) is 12.2 Å². The second kappa shape index (κ2) is 2.54. The van der Waals surface area contributed by atoms with Crippen molar-refractivity contribution in [2.24, 2.45) is 7.05 Å². The van der Waals surface area contributed by atoms with Gasteiger partial charge in [0.15, 0.2) is 0 Å².